The molecule has 0 saturated heterocycles. The van der Waals surface area contributed by atoms with Gasteiger partial charge >= 0.3 is 6.18 Å². The van der Waals surface area contributed by atoms with Crippen LogP contribution in [0.25, 0.3) is 11.0 Å². The van der Waals surface area contributed by atoms with Crippen LogP contribution < -0.4 is 4.90 Å². The van der Waals surface area contributed by atoms with Crippen molar-refractivity contribution in [1.29, 1.82) is 0 Å². The predicted octanol–water partition coefficient (Wildman–Crippen LogP) is 4.94. The molecule has 0 unspecified atom stereocenters. The molecule has 0 bridgehead atoms. The van der Waals surface area contributed by atoms with Crippen molar-refractivity contribution in [3.05, 3.63) is 53.6 Å². The lowest BCUT2D eigenvalue weighted by Crippen LogP contribution is -2.10. The molecule has 2 aromatic carbocycles. The molecule has 126 valence electrons. The number of benzene rings is 2. The Labute approximate surface area is 141 Å². The van der Waals surface area contributed by atoms with Crippen molar-refractivity contribution in [3.63, 3.8) is 0 Å². The molecule has 0 fully saturated rings. The smallest absolute Gasteiger partial charge is 0.377 e. The molecule has 0 aliphatic heterocycles. The fraction of sp³-hybridized carbons (Fsp3) is 0.235. The van der Waals surface area contributed by atoms with Crippen molar-refractivity contribution in [1.82, 2.24) is 9.97 Å². The Kier molecular flexibility index (Phi) is 4.45. The normalized spacial score (nSPS) is 11.9. The van der Waals surface area contributed by atoms with Crippen LogP contribution in [-0.2, 0) is 11.9 Å². The minimum atomic E-state index is -4.35. The number of imidazole rings is 1. The number of nitrogens with one attached hydrogen (secondary N) is 1. The van der Waals surface area contributed by atoms with Crippen molar-refractivity contribution in [3.8, 4) is 0 Å². The number of thioether (sulfide) groups is 1. The maximum absolute atomic E-state index is 12.8. The van der Waals surface area contributed by atoms with Gasteiger partial charge in [0.15, 0.2) is 5.16 Å². The monoisotopic (exact) mass is 351 g/mol. The summed E-state index contributed by atoms with van der Waals surface area (Å²) in [6.07, 6.45) is -4.35. The Balaban J connectivity index is 1.81. The fourth-order valence-corrected chi connectivity index (χ4v) is 3.33. The molecule has 1 heterocycles. The second-order valence-corrected chi connectivity index (χ2v) is 6.55. The molecule has 0 atom stereocenters. The number of para-hydroxylation sites is 1. The van der Waals surface area contributed by atoms with Crippen LogP contribution in [0.15, 0.2) is 47.6 Å². The fourth-order valence-electron chi connectivity index (χ4n) is 2.45. The Morgan fingerprint density at radius 3 is 2.58 bits per heavy atom. The van der Waals surface area contributed by atoms with Crippen molar-refractivity contribution < 1.29 is 13.2 Å². The summed E-state index contributed by atoms with van der Waals surface area (Å²) in [6.45, 7) is 0. The highest BCUT2D eigenvalue weighted by atomic mass is 32.2. The maximum atomic E-state index is 12.8. The number of H-pyrrole nitrogens is 1. The van der Waals surface area contributed by atoms with Crippen molar-refractivity contribution in [2.24, 2.45) is 0 Å². The van der Waals surface area contributed by atoms with E-state index >= 15 is 0 Å². The standard InChI is InChI=1S/C17H16F3N3S/c1-23(2)15-6-4-3-5-11(15)10-24-16-21-13-8-7-12(17(18,19)20)9-14(13)22-16/h3-9H,10H2,1-2H3,(H,21,22). The summed E-state index contributed by atoms with van der Waals surface area (Å²) in [6, 6.07) is 11.6. The second-order valence-electron chi connectivity index (χ2n) is 5.58. The molecule has 0 radical (unpaired) electrons. The summed E-state index contributed by atoms with van der Waals surface area (Å²) in [5, 5.41) is 0.609. The van der Waals surface area contributed by atoms with E-state index in [-0.39, 0.29) is 0 Å². The van der Waals surface area contributed by atoms with Gasteiger partial charge in [0.1, 0.15) is 0 Å². The molecule has 0 aliphatic carbocycles. The molecular weight excluding hydrogens is 335 g/mol. The highest BCUT2D eigenvalue weighted by Crippen LogP contribution is 2.32. The number of aromatic amines is 1. The van der Waals surface area contributed by atoms with E-state index in [2.05, 4.69) is 9.97 Å². The molecule has 24 heavy (non-hydrogen) atoms. The Morgan fingerprint density at radius 1 is 1.12 bits per heavy atom. The van der Waals surface area contributed by atoms with Crippen LogP contribution in [0.3, 0.4) is 0 Å². The van der Waals surface area contributed by atoms with Crippen molar-refractivity contribution >= 4 is 28.5 Å². The summed E-state index contributed by atoms with van der Waals surface area (Å²) < 4.78 is 38.3. The van der Waals surface area contributed by atoms with Crippen molar-refractivity contribution in [2.45, 2.75) is 17.1 Å². The minimum absolute atomic E-state index is 0.396. The molecule has 1 N–H and O–H groups in total. The third-order valence-electron chi connectivity index (χ3n) is 3.63. The van der Waals surface area contributed by atoms with E-state index in [4.69, 9.17) is 0 Å². The zero-order valence-electron chi connectivity index (χ0n) is 13.2. The average molecular weight is 351 g/mol. The van der Waals surface area contributed by atoms with Crippen LogP contribution in [-0.4, -0.2) is 24.1 Å². The highest BCUT2D eigenvalue weighted by molar-refractivity contribution is 7.98. The lowest BCUT2D eigenvalue weighted by molar-refractivity contribution is -0.137. The van der Waals surface area contributed by atoms with Crippen LogP contribution >= 0.6 is 11.8 Å². The molecule has 0 spiro atoms. The molecule has 0 amide bonds. The van der Waals surface area contributed by atoms with E-state index in [0.29, 0.717) is 21.9 Å². The number of alkyl halides is 3. The topological polar surface area (TPSA) is 31.9 Å². The van der Waals surface area contributed by atoms with Gasteiger partial charge in [-0.15, -0.1) is 0 Å². The zero-order chi connectivity index (χ0) is 17.3. The van der Waals surface area contributed by atoms with E-state index in [1.807, 2.05) is 43.3 Å². The number of hydrogen-bond donors (Lipinski definition) is 1. The Morgan fingerprint density at radius 2 is 1.88 bits per heavy atom. The van der Waals surface area contributed by atoms with Gasteiger partial charge in [-0.05, 0) is 29.8 Å². The largest absolute Gasteiger partial charge is 0.416 e. The predicted molar refractivity (Wildman–Crippen MR) is 91.4 cm³/mol. The molecule has 0 saturated carbocycles. The molecule has 3 rings (SSSR count). The number of nitrogens with zero attached hydrogens (tertiary/aromatic N) is 2. The van der Waals surface area contributed by atoms with Gasteiger partial charge in [-0.2, -0.15) is 13.2 Å². The van der Waals surface area contributed by atoms with Gasteiger partial charge < -0.3 is 9.88 Å². The van der Waals surface area contributed by atoms with E-state index in [9.17, 15) is 13.2 Å². The lowest BCUT2D eigenvalue weighted by atomic mass is 10.2. The first-order chi connectivity index (χ1) is 11.3. The van der Waals surface area contributed by atoms with Gasteiger partial charge in [-0.3, -0.25) is 0 Å². The number of anilines is 1. The molecule has 3 nitrogen and oxygen atoms in total. The van der Waals surface area contributed by atoms with E-state index in [1.165, 1.54) is 17.8 Å². The van der Waals surface area contributed by atoms with E-state index in [1.54, 1.807) is 0 Å². The van der Waals surface area contributed by atoms with Gasteiger partial charge in [0.25, 0.3) is 0 Å². The number of rotatable bonds is 4. The summed E-state index contributed by atoms with van der Waals surface area (Å²) >= 11 is 1.47. The lowest BCUT2D eigenvalue weighted by Gasteiger charge is -2.16. The SMILES string of the molecule is CN(C)c1ccccc1CSc1nc2ccc(C(F)(F)F)cc2[nH]1. The molecule has 3 aromatic rings. The number of fused-ring (bicyclic) bond motifs is 1. The van der Waals surface area contributed by atoms with Crippen LogP contribution in [0, 0.1) is 0 Å². The van der Waals surface area contributed by atoms with Crippen LogP contribution in [0.1, 0.15) is 11.1 Å². The number of halogens is 3. The minimum Gasteiger partial charge on any atom is -0.377 e. The van der Waals surface area contributed by atoms with Crippen molar-refractivity contribution in [2.75, 3.05) is 19.0 Å². The second kappa shape index (κ2) is 6.39. The van der Waals surface area contributed by atoms with E-state index in [0.717, 1.165) is 23.4 Å². The first-order valence-electron chi connectivity index (χ1n) is 7.29. The summed E-state index contributed by atoms with van der Waals surface area (Å²) in [4.78, 5) is 9.35. The quantitative estimate of drug-likeness (QED) is 0.676. The summed E-state index contributed by atoms with van der Waals surface area (Å²) in [7, 11) is 3.95. The number of aromatic nitrogens is 2. The molecular formula is C17H16F3N3S. The third-order valence-corrected chi connectivity index (χ3v) is 4.55. The van der Waals surface area contributed by atoms with E-state index < -0.39 is 11.7 Å². The first kappa shape index (κ1) is 16.7. The maximum Gasteiger partial charge on any atom is 0.416 e. The first-order valence-corrected chi connectivity index (χ1v) is 8.28. The summed E-state index contributed by atoms with van der Waals surface area (Å²) in [5.74, 6) is 0.681. The molecule has 1 aromatic heterocycles. The number of hydrogen-bond acceptors (Lipinski definition) is 3. The zero-order valence-corrected chi connectivity index (χ0v) is 14.0. The van der Waals surface area contributed by atoms with Gasteiger partial charge in [-0.1, -0.05) is 30.0 Å². The summed E-state index contributed by atoms with van der Waals surface area (Å²) in [5.41, 5.74) is 2.51. The third kappa shape index (κ3) is 3.51. The van der Waals surface area contributed by atoms with Gasteiger partial charge in [-0.25, -0.2) is 4.98 Å². The van der Waals surface area contributed by atoms with Gasteiger partial charge in [0, 0.05) is 25.5 Å². The Bertz CT molecular complexity index is 856. The average Bonchev–Trinajstić information content (AvgIpc) is 2.94. The highest BCUT2D eigenvalue weighted by Gasteiger charge is 2.30. The van der Waals surface area contributed by atoms with Gasteiger partial charge in [0.2, 0.25) is 0 Å². The van der Waals surface area contributed by atoms with Gasteiger partial charge in [0.05, 0.1) is 16.6 Å². The van der Waals surface area contributed by atoms with Crippen LogP contribution in [0.2, 0.25) is 0 Å². The van der Waals surface area contributed by atoms with Crippen LogP contribution in [0.5, 0.6) is 0 Å². The molecule has 0 aliphatic rings. The Hall–Kier alpha value is -2.15. The van der Waals surface area contributed by atoms with Crippen LogP contribution in [0.4, 0.5) is 18.9 Å². The molecule has 7 heteroatoms.